The zero-order valence-corrected chi connectivity index (χ0v) is 19.0. The maximum absolute atomic E-state index is 14.7. The summed E-state index contributed by atoms with van der Waals surface area (Å²) in [5.74, 6) is -0.586. The fraction of sp³-hybridized carbons (Fsp3) is 0.286. The Kier molecular flexibility index (Phi) is 7.34. The van der Waals surface area contributed by atoms with Crippen molar-refractivity contribution in [3.8, 4) is 0 Å². The van der Waals surface area contributed by atoms with Gasteiger partial charge in [0, 0.05) is 36.5 Å². The largest absolute Gasteiger partial charge is 0.442 e. The van der Waals surface area contributed by atoms with Gasteiger partial charge in [-0.3, -0.25) is 9.69 Å². The van der Waals surface area contributed by atoms with E-state index in [9.17, 15) is 14.0 Å². The third kappa shape index (κ3) is 6.08. The predicted octanol–water partition coefficient (Wildman–Crippen LogP) is 3.70. The fourth-order valence-corrected chi connectivity index (χ4v) is 3.78. The summed E-state index contributed by atoms with van der Waals surface area (Å²) in [5, 5.41) is 6.27. The van der Waals surface area contributed by atoms with Gasteiger partial charge in [-0.25, -0.2) is 9.18 Å². The van der Waals surface area contributed by atoms with Gasteiger partial charge in [0.25, 0.3) is 0 Å². The van der Waals surface area contributed by atoms with Crippen LogP contribution in [-0.4, -0.2) is 55.3 Å². The monoisotopic (exact) mass is 462 g/mol. The number of cyclic esters (lactones) is 1. The number of thiocarbonyl (C=S) groups is 1. The van der Waals surface area contributed by atoms with Crippen LogP contribution in [0.25, 0.3) is 0 Å². The van der Waals surface area contributed by atoms with Gasteiger partial charge >= 0.3 is 6.09 Å². The molecule has 7 nitrogen and oxygen atoms in total. The standard InChI is InChI=1S/C21H23FN4O3S2/c1-13(27)24-14-4-7-17(8-5-14)31-19-9-6-15(10-18(19)22)26-12-16(29-21(26)28)11-23-20(30)25(2)3/h4-10,16H,11-12H2,1-3H3,(H,23,30)(H,24,27)/t16-/m0/s1. The molecule has 0 bridgehead atoms. The van der Waals surface area contributed by atoms with E-state index in [1.807, 2.05) is 14.1 Å². The minimum Gasteiger partial charge on any atom is -0.442 e. The van der Waals surface area contributed by atoms with Gasteiger partial charge in [0.15, 0.2) is 5.11 Å². The van der Waals surface area contributed by atoms with E-state index in [4.69, 9.17) is 17.0 Å². The number of nitrogens with one attached hydrogen (secondary N) is 2. The van der Waals surface area contributed by atoms with Crippen molar-refractivity contribution in [2.75, 3.05) is 37.4 Å². The minimum absolute atomic E-state index is 0.152. The SMILES string of the molecule is CC(=O)Nc1ccc(Sc2ccc(N3C[C@H](CNC(=S)N(C)C)OC3=O)cc2F)cc1. The number of amides is 2. The van der Waals surface area contributed by atoms with Crippen molar-refractivity contribution in [3.05, 3.63) is 48.3 Å². The Morgan fingerprint density at radius 2 is 2.00 bits per heavy atom. The molecular weight excluding hydrogens is 439 g/mol. The first-order chi connectivity index (χ1) is 14.7. The average Bonchev–Trinajstić information content (AvgIpc) is 3.09. The quantitative estimate of drug-likeness (QED) is 0.634. The van der Waals surface area contributed by atoms with Crippen LogP contribution in [0.4, 0.5) is 20.6 Å². The van der Waals surface area contributed by atoms with Crippen LogP contribution >= 0.6 is 24.0 Å². The molecule has 1 heterocycles. The molecule has 2 amide bonds. The average molecular weight is 463 g/mol. The molecule has 1 aliphatic heterocycles. The third-order valence-corrected chi connectivity index (χ3v) is 5.96. The molecule has 2 aromatic carbocycles. The molecule has 1 atom stereocenters. The van der Waals surface area contributed by atoms with Gasteiger partial charge in [0.1, 0.15) is 11.9 Å². The van der Waals surface area contributed by atoms with Gasteiger partial charge in [-0.1, -0.05) is 11.8 Å². The summed E-state index contributed by atoms with van der Waals surface area (Å²) in [5.41, 5.74) is 1.11. The van der Waals surface area contributed by atoms with Crippen molar-refractivity contribution >= 4 is 52.5 Å². The highest BCUT2D eigenvalue weighted by Gasteiger charge is 2.32. The van der Waals surface area contributed by atoms with Crippen molar-refractivity contribution in [2.45, 2.75) is 22.8 Å². The maximum Gasteiger partial charge on any atom is 0.414 e. The lowest BCUT2D eigenvalue weighted by molar-refractivity contribution is -0.114. The summed E-state index contributed by atoms with van der Waals surface area (Å²) < 4.78 is 20.1. The number of nitrogens with zero attached hydrogens (tertiary/aromatic N) is 2. The molecule has 0 aliphatic carbocycles. The smallest absolute Gasteiger partial charge is 0.414 e. The van der Waals surface area contributed by atoms with Gasteiger partial charge in [-0.05, 0) is 54.7 Å². The van der Waals surface area contributed by atoms with Crippen LogP contribution in [0.2, 0.25) is 0 Å². The van der Waals surface area contributed by atoms with Crippen LogP contribution in [0, 0.1) is 5.82 Å². The molecule has 0 aromatic heterocycles. The number of hydrogen-bond donors (Lipinski definition) is 2. The molecule has 0 spiro atoms. The summed E-state index contributed by atoms with van der Waals surface area (Å²) >= 11 is 6.42. The fourth-order valence-electron chi connectivity index (χ4n) is 2.87. The minimum atomic E-state index is -0.518. The number of hydrogen-bond acceptors (Lipinski definition) is 5. The number of carbonyl (C=O) groups excluding carboxylic acids is 2. The van der Waals surface area contributed by atoms with Crippen LogP contribution in [-0.2, 0) is 9.53 Å². The van der Waals surface area contributed by atoms with E-state index in [1.165, 1.54) is 29.7 Å². The van der Waals surface area contributed by atoms with Gasteiger partial charge in [0.2, 0.25) is 5.91 Å². The Morgan fingerprint density at radius 3 is 2.61 bits per heavy atom. The number of rotatable bonds is 6. The van der Waals surface area contributed by atoms with E-state index in [-0.39, 0.29) is 12.0 Å². The molecule has 3 rings (SSSR count). The number of halogens is 1. The Labute approximate surface area is 189 Å². The number of anilines is 2. The van der Waals surface area contributed by atoms with Gasteiger partial charge in [-0.15, -0.1) is 0 Å². The molecule has 0 unspecified atom stereocenters. The van der Waals surface area contributed by atoms with Crippen molar-refractivity contribution < 1.29 is 18.7 Å². The summed E-state index contributed by atoms with van der Waals surface area (Å²) in [7, 11) is 3.64. The van der Waals surface area contributed by atoms with E-state index in [0.717, 1.165) is 4.90 Å². The van der Waals surface area contributed by atoms with E-state index in [1.54, 1.807) is 41.3 Å². The molecule has 2 N–H and O–H groups in total. The normalized spacial score (nSPS) is 15.4. The molecule has 10 heteroatoms. The zero-order valence-electron chi connectivity index (χ0n) is 17.3. The second-order valence-electron chi connectivity index (χ2n) is 7.12. The van der Waals surface area contributed by atoms with E-state index in [0.29, 0.717) is 34.5 Å². The third-order valence-electron chi connectivity index (χ3n) is 4.39. The van der Waals surface area contributed by atoms with Crippen molar-refractivity contribution in [3.63, 3.8) is 0 Å². The highest BCUT2D eigenvalue weighted by atomic mass is 32.2. The number of benzene rings is 2. The first-order valence-corrected chi connectivity index (χ1v) is 10.7. The van der Waals surface area contributed by atoms with E-state index >= 15 is 0 Å². The summed E-state index contributed by atoms with van der Waals surface area (Å²) in [6.07, 6.45) is -0.902. The Bertz CT molecular complexity index is 985. The summed E-state index contributed by atoms with van der Waals surface area (Å²) in [6.45, 7) is 2.12. The van der Waals surface area contributed by atoms with Gasteiger partial charge in [0.05, 0.1) is 18.8 Å². The molecule has 1 saturated heterocycles. The van der Waals surface area contributed by atoms with Crippen molar-refractivity contribution in [2.24, 2.45) is 0 Å². The van der Waals surface area contributed by atoms with Crippen LogP contribution in [0.15, 0.2) is 52.3 Å². The van der Waals surface area contributed by atoms with E-state index < -0.39 is 11.9 Å². The van der Waals surface area contributed by atoms with Crippen LogP contribution in [0.5, 0.6) is 0 Å². The Morgan fingerprint density at radius 1 is 1.29 bits per heavy atom. The first-order valence-electron chi connectivity index (χ1n) is 9.51. The molecule has 164 valence electrons. The second kappa shape index (κ2) is 9.97. The predicted molar refractivity (Wildman–Crippen MR) is 123 cm³/mol. The first kappa shape index (κ1) is 22.8. The number of ether oxygens (including phenoxy) is 1. The Balaban J connectivity index is 1.63. The topological polar surface area (TPSA) is 73.9 Å². The Hall–Kier alpha value is -2.85. The van der Waals surface area contributed by atoms with Crippen LogP contribution in [0.1, 0.15) is 6.92 Å². The van der Waals surface area contributed by atoms with Crippen LogP contribution in [0.3, 0.4) is 0 Å². The van der Waals surface area contributed by atoms with Crippen molar-refractivity contribution in [1.82, 2.24) is 10.2 Å². The molecule has 2 aromatic rings. The van der Waals surface area contributed by atoms with Gasteiger partial charge in [-0.2, -0.15) is 0 Å². The molecular formula is C21H23FN4O3S2. The lowest BCUT2D eigenvalue weighted by Crippen LogP contribution is -2.40. The second-order valence-corrected chi connectivity index (χ2v) is 8.62. The van der Waals surface area contributed by atoms with E-state index in [2.05, 4.69) is 10.6 Å². The lowest BCUT2D eigenvalue weighted by atomic mass is 10.2. The maximum atomic E-state index is 14.7. The summed E-state index contributed by atoms with van der Waals surface area (Å²) in [4.78, 5) is 27.7. The van der Waals surface area contributed by atoms with Crippen molar-refractivity contribution in [1.29, 1.82) is 0 Å². The van der Waals surface area contributed by atoms with Crippen LogP contribution < -0.4 is 15.5 Å². The molecule has 1 fully saturated rings. The molecule has 0 saturated carbocycles. The van der Waals surface area contributed by atoms with Gasteiger partial charge < -0.3 is 20.3 Å². The molecule has 0 radical (unpaired) electrons. The highest BCUT2D eigenvalue weighted by molar-refractivity contribution is 7.99. The number of carbonyl (C=O) groups is 2. The summed E-state index contributed by atoms with van der Waals surface area (Å²) in [6, 6.07) is 11.8. The molecule has 1 aliphatic rings. The highest BCUT2D eigenvalue weighted by Crippen LogP contribution is 2.33. The lowest BCUT2D eigenvalue weighted by Gasteiger charge is -2.17. The molecule has 31 heavy (non-hydrogen) atoms. The zero-order chi connectivity index (χ0) is 22.5.